The molecule has 23 heavy (non-hydrogen) atoms. The molecule has 0 fully saturated rings. The summed E-state index contributed by atoms with van der Waals surface area (Å²) < 4.78 is 5.07. The van der Waals surface area contributed by atoms with E-state index in [1.807, 2.05) is 32.0 Å². The molecule has 2 rings (SSSR count). The molecule has 0 atom stereocenters. The van der Waals surface area contributed by atoms with E-state index in [-0.39, 0.29) is 12.5 Å². The first-order valence-corrected chi connectivity index (χ1v) is 8.06. The molecule has 2 N–H and O–H groups in total. The first-order valence-electron chi connectivity index (χ1n) is 7.24. The minimum Gasteiger partial charge on any atom is -0.482 e. The molecule has 0 bridgehead atoms. The topological polar surface area (TPSA) is 75.6 Å². The average molecular weight is 333 g/mol. The Morgan fingerprint density at radius 3 is 2.48 bits per heavy atom. The van der Waals surface area contributed by atoms with Crippen molar-refractivity contribution < 1.29 is 19.4 Å². The van der Waals surface area contributed by atoms with Gasteiger partial charge in [-0.05, 0) is 49.6 Å². The van der Waals surface area contributed by atoms with Gasteiger partial charge in [-0.15, -0.1) is 11.3 Å². The van der Waals surface area contributed by atoms with Gasteiger partial charge in [0.2, 0.25) is 0 Å². The summed E-state index contributed by atoms with van der Waals surface area (Å²) in [6.45, 7) is 4.20. The Labute approximate surface area is 138 Å². The molecule has 6 heteroatoms. The van der Waals surface area contributed by atoms with Crippen LogP contribution in [0.15, 0.2) is 30.3 Å². The third-order valence-corrected chi connectivity index (χ3v) is 4.53. The van der Waals surface area contributed by atoms with E-state index in [9.17, 15) is 9.59 Å². The molecule has 1 amide bonds. The lowest BCUT2D eigenvalue weighted by Crippen LogP contribution is -2.24. The van der Waals surface area contributed by atoms with Gasteiger partial charge in [0, 0.05) is 11.4 Å². The van der Waals surface area contributed by atoms with Crippen molar-refractivity contribution in [1.29, 1.82) is 0 Å². The van der Waals surface area contributed by atoms with Crippen LogP contribution in [0.2, 0.25) is 0 Å². The maximum Gasteiger partial charge on any atom is 0.341 e. The third kappa shape index (κ3) is 5.10. The van der Waals surface area contributed by atoms with Crippen LogP contribution in [0.5, 0.6) is 5.75 Å². The van der Waals surface area contributed by atoms with Gasteiger partial charge in [0.25, 0.3) is 5.91 Å². The molecular weight excluding hydrogens is 314 g/mol. The molecular formula is C17H19NO4S. The quantitative estimate of drug-likeness (QED) is 0.817. The zero-order valence-corrected chi connectivity index (χ0v) is 13.9. The van der Waals surface area contributed by atoms with Crippen LogP contribution in [0.1, 0.15) is 25.7 Å². The van der Waals surface area contributed by atoms with Gasteiger partial charge in [0.15, 0.2) is 6.61 Å². The SMILES string of the molecule is Cc1cc(C(=O)NCCc2ccc(OCC(=O)O)cc2)sc1C. The summed E-state index contributed by atoms with van der Waals surface area (Å²) in [6, 6.07) is 9.09. The van der Waals surface area contributed by atoms with Crippen molar-refractivity contribution in [3.05, 3.63) is 51.2 Å². The van der Waals surface area contributed by atoms with E-state index in [1.54, 1.807) is 12.1 Å². The van der Waals surface area contributed by atoms with Crippen LogP contribution >= 0.6 is 11.3 Å². The van der Waals surface area contributed by atoms with Gasteiger partial charge < -0.3 is 15.2 Å². The van der Waals surface area contributed by atoms with Crippen LogP contribution in [0.3, 0.4) is 0 Å². The number of ether oxygens (including phenoxy) is 1. The molecule has 0 radical (unpaired) electrons. The van der Waals surface area contributed by atoms with E-state index in [1.165, 1.54) is 11.3 Å². The van der Waals surface area contributed by atoms with E-state index >= 15 is 0 Å². The first kappa shape index (κ1) is 17.0. The molecule has 0 aliphatic heterocycles. The molecule has 2 aromatic rings. The van der Waals surface area contributed by atoms with Crippen molar-refractivity contribution in [2.24, 2.45) is 0 Å². The van der Waals surface area contributed by atoms with E-state index in [2.05, 4.69) is 5.32 Å². The van der Waals surface area contributed by atoms with Gasteiger partial charge in [-0.3, -0.25) is 4.79 Å². The maximum absolute atomic E-state index is 12.0. The number of carbonyl (C=O) groups is 2. The van der Waals surface area contributed by atoms with Gasteiger partial charge in [-0.25, -0.2) is 4.79 Å². The lowest BCUT2D eigenvalue weighted by Gasteiger charge is -2.06. The largest absolute Gasteiger partial charge is 0.482 e. The molecule has 0 saturated carbocycles. The second-order valence-electron chi connectivity index (χ2n) is 5.18. The van der Waals surface area contributed by atoms with E-state index < -0.39 is 5.97 Å². The maximum atomic E-state index is 12.0. The molecule has 1 aromatic carbocycles. The lowest BCUT2D eigenvalue weighted by molar-refractivity contribution is -0.139. The van der Waals surface area contributed by atoms with Crippen LogP contribution in [-0.2, 0) is 11.2 Å². The Hall–Kier alpha value is -2.34. The van der Waals surface area contributed by atoms with E-state index in [0.29, 0.717) is 18.7 Å². The third-order valence-electron chi connectivity index (χ3n) is 3.37. The van der Waals surface area contributed by atoms with Crippen molar-refractivity contribution in [1.82, 2.24) is 5.32 Å². The summed E-state index contributed by atoms with van der Waals surface area (Å²) in [5.41, 5.74) is 2.18. The number of hydrogen-bond donors (Lipinski definition) is 2. The van der Waals surface area contributed by atoms with Crippen LogP contribution in [0.25, 0.3) is 0 Å². The van der Waals surface area contributed by atoms with Crippen molar-refractivity contribution in [2.75, 3.05) is 13.2 Å². The smallest absolute Gasteiger partial charge is 0.341 e. The average Bonchev–Trinajstić information content (AvgIpc) is 2.86. The lowest BCUT2D eigenvalue weighted by atomic mass is 10.1. The fourth-order valence-corrected chi connectivity index (χ4v) is 2.94. The minimum atomic E-state index is -1.00. The van der Waals surface area contributed by atoms with Crippen LogP contribution in [0, 0.1) is 13.8 Å². The number of thiophene rings is 1. The summed E-state index contributed by atoms with van der Waals surface area (Å²) >= 11 is 1.50. The summed E-state index contributed by atoms with van der Waals surface area (Å²) in [7, 11) is 0. The molecule has 1 aromatic heterocycles. The number of aliphatic carboxylic acids is 1. The van der Waals surface area contributed by atoms with Crippen LogP contribution in [-0.4, -0.2) is 30.1 Å². The number of carboxylic acids is 1. The van der Waals surface area contributed by atoms with Crippen LogP contribution < -0.4 is 10.1 Å². The standard InChI is InChI=1S/C17H19NO4S/c1-11-9-15(23-12(11)2)17(21)18-8-7-13-3-5-14(6-4-13)22-10-16(19)20/h3-6,9H,7-8,10H2,1-2H3,(H,18,21)(H,19,20). The number of rotatable bonds is 7. The summed E-state index contributed by atoms with van der Waals surface area (Å²) in [6.07, 6.45) is 0.703. The Morgan fingerprint density at radius 2 is 1.91 bits per heavy atom. The fraction of sp³-hybridized carbons (Fsp3) is 0.294. The number of carbonyl (C=O) groups excluding carboxylic acids is 1. The summed E-state index contributed by atoms with van der Waals surface area (Å²) in [5.74, 6) is -0.534. The molecule has 0 spiro atoms. The normalized spacial score (nSPS) is 10.3. The number of aryl methyl sites for hydroxylation is 2. The summed E-state index contributed by atoms with van der Waals surface area (Å²) in [5, 5.41) is 11.5. The van der Waals surface area contributed by atoms with Crippen molar-refractivity contribution in [2.45, 2.75) is 20.3 Å². The van der Waals surface area contributed by atoms with Crippen LogP contribution in [0.4, 0.5) is 0 Å². The predicted octanol–water partition coefficient (Wildman–Crippen LogP) is 2.80. The Bertz CT molecular complexity index is 672. The van der Waals surface area contributed by atoms with Gasteiger partial charge in [-0.2, -0.15) is 0 Å². The Kier molecular flexibility index (Phi) is 5.76. The summed E-state index contributed by atoms with van der Waals surface area (Å²) in [4.78, 5) is 24.3. The zero-order chi connectivity index (χ0) is 16.8. The Balaban J connectivity index is 1.79. The molecule has 0 unspecified atom stereocenters. The second kappa shape index (κ2) is 7.78. The highest BCUT2D eigenvalue weighted by atomic mass is 32.1. The molecule has 5 nitrogen and oxygen atoms in total. The van der Waals surface area contributed by atoms with Gasteiger partial charge >= 0.3 is 5.97 Å². The Morgan fingerprint density at radius 1 is 1.22 bits per heavy atom. The number of benzene rings is 1. The van der Waals surface area contributed by atoms with Crippen molar-refractivity contribution >= 4 is 23.2 Å². The van der Waals surface area contributed by atoms with Crippen molar-refractivity contribution in [3.8, 4) is 5.75 Å². The van der Waals surface area contributed by atoms with Crippen molar-refractivity contribution in [3.63, 3.8) is 0 Å². The highest BCUT2D eigenvalue weighted by molar-refractivity contribution is 7.14. The molecule has 1 heterocycles. The predicted molar refractivity (Wildman–Crippen MR) is 89.4 cm³/mol. The second-order valence-corrected chi connectivity index (χ2v) is 6.44. The van der Waals surface area contributed by atoms with Gasteiger partial charge in [-0.1, -0.05) is 12.1 Å². The van der Waals surface area contributed by atoms with E-state index in [4.69, 9.17) is 9.84 Å². The first-order chi connectivity index (χ1) is 11.0. The number of amides is 1. The monoisotopic (exact) mass is 333 g/mol. The number of hydrogen-bond acceptors (Lipinski definition) is 4. The molecule has 0 aliphatic carbocycles. The number of carboxylic acid groups (broad SMARTS) is 1. The fourth-order valence-electron chi connectivity index (χ4n) is 1.99. The molecule has 0 saturated heterocycles. The highest BCUT2D eigenvalue weighted by Crippen LogP contribution is 2.20. The number of nitrogens with one attached hydrogen (secondary N) is 1. The minimum absolute atomic E-state index is 0.0485. The van der Waals surface area contributed by atoms with E-state index in [0.717, 1.165) is 20.9 Å². The molecule has 0 aliphatic rings. The molecule has 122 valence electrons. The zero-order valence-electron chi connectivity index (χ0n) is 13.1. The van der Waals surface area contributed by atoms with Gasteiger partial charge in [0.05, 0.1) is 4.88 Å². The van der Waals surface area contributed by atoms with Gasteiger partial charge in [0.1, 0.15) is 5.75 Å². The highest BCUT2D eigenvalue weighted by Gasteiger charge is 2.09.